The van der Waals surface area contributed by atoms with Crippen molar-refractivity contribution < 1.29 is 4.74 Å². The molecule has 5 heteroatoms. The van der Waals surface area contributed by atoms with Crippen LogP contribution in [0.15, 0.2) is 65.7 Å². The van der Waals surface area contributed by atoms with Gasteiger partial charge in [-0.1, -0.05) is 60.7 Å². The van der Waals surface area contributed by atoms with Gasteiger partial charge in [0.15, 0.2) is 5.96 Å². The maximum atomic E-state index is 5.07. The lowest BCUT2D eigenvalue weighted by Crippen LogP contribution is -2.38. The first kappa shape index (κ1) is 22.4. The summed E-state index contributed by atoms with van der Waals surface area (Å²) in [4.78, 5) is 4.28. The molecule has 0 saturated heterocycles. The van der Waals surface area contributed by atoms with E-state index in [2.05, 4.69) is 76.3 Å². The number of ether oxygens (including phenoxy) is 1. The van der Waals surface area contributed by atoms with E-state index < -0.39 is 0 Å². The largest absolute Gasteiger partial charge is 0.385 e. The van der Waals surface area contributed by atoms with Crippen LogP contribution in [0.5, 0.6) is 0 Å². The highest BCUT2D eigenvalue weighted by Gasteiger charge is 2.13. The number of methoxy groups -OCH3 is 1. The lowest BCUT2D eigenvalue weighted by molar-refractivity contribution is 0.195. The molecule has 26 heavy (non-hydrogen) atoms. The maximum Gasteiger partial charge on any atom is 0.190 e. The van der Waals surface area contributed by atoms with Crippen LogP contribution in [0.25, 0.3) is 0 Å². The third-order valence-corrected chi connectivity index (χ3v) is 4.17. The molecule has 0 saturated carbocycles. The Labute approximate surface area is 174 Å². The van der Waals surface area contributed by atoms with E-state index in [1.54, 1.807) is 14.2 Å². The summed E-state index contributed by atoms with van der Waals surface area (Å²) in [7, 11) is 3.53. The van der Waals surface area contributed by atoms with Crippen LogP contribution < -0.4 is 10.6 Å². The lowest BCUT2D eigenvalue weighted by Gasteiger charge is -2.19. The standard InChI is InChI=1S/C21H29N3O.HI/c1-22-21(23-15-9-17-25-2)24-16-14-20(18-10-5-3-6-11-18)19-12-7-4-8-13-19;/h3-8,10-13,20H,9,14-17H2,1-2H3,(H2,22,23,24);1H. The van der Waals surface area contributed by atoms with Crippen molar-refractivity contribution in [3.05, 3.63) is 71.8 Å². The van der Waals surface area contributed by atoms with Crippen LogP contribution in [-0.4, -0.2) is 39.8 Å². The number of benzene rings is 2. The van der Waals surface area contributed by atoms with Crippen molar-refractivity contribution in [3.63, 3.8) is 0 Å². The highest BCUT2D eigenvalue weighted by atomic mass is 127. The molecular formula is C21H30IN3O. The van der Waals surface area contributed by atoms with Crippen molar-refractivity contribution in [1.29, 1.82) is 0 Å². The zero-order valence-electron chi connectivity index (χ0n) is 15.7. The fourth-order valence-corrected chi connectivity index (χ4v) is 2.88. The molecule has 2 N–H and O–H groups in total. The fraction of sp³-hybridized carbons (Fsp3) is 0.381. The van der Waals surface area contributed by atoms with Crippen LogP contribution in [0, 0.1) is 0 Å². The quantitative estimate of drug-likeness (QED) is 0.254. The number of aliphatic imine (C=N–C) groups is 1. The summed E-state index contributed by atoms with van der Waals surface area (Å²) >= 11 is 0. The van der Waals surface area contributed by atoms with Gasteiger partial charge < -0.3 is 15.4 Å². The minimum absolute atomic E-state index is 0. The molecule has 2 aromatic rings. The Morgan fingerprint density at radius 3 is 1.96 bits per heavy atom. The number of nitrogens with zero attached hydrogens (tertiary/aromatic N) is 1. The first-order valence-corrected chi connectivity index (χ1v) is 8.88. The molecule has 0 atom stereocenters. The number of rotatable bonds is 9. The molecule has 0 heterocycles. The zero-order chi connectivity index (χ0) is 17.7. The van der Waals surface area contributed by atoms with E-state index in [1.165, 1.54) is 11.1 Å². The second-order valence-corrected chi connectivity index (χ2v) is 5.93. The molecule has 2 rings (SSSR count). The second-order valence-electron chi connectivity index (χ2n) is 5.93. The van der Waals surface area contributed by atoms with Crippen LogP contribution in [0.3, 0.4) is 0 Å². The van der Waals surface area contributed by atoms with Crippen molar-refractivity contribution in [2.75, 3.05) is 33.9 Å². The predicted molar refractivity (Wildman–Crippen MR) is 121 cm³/mol. The van der Waals surface area contributed by atoms with Crippen LogP contribution in [-0.2, 0) is 4.74 Å². The van der Waals surface area contributed by atoms with Gasteiger partial charge in [-0.15, -0.1) is 24.0 Å². The molecule has 0 unspecified atom stereocenters. The lowest BCUT2D eigenvalue weighted by atomic mass is 9.88. The highest BCUT2D eigenvalue weighted by Crippen LogP contribution is 2.27. The summed E-state index contributed by atoms with van der Waals surface area (Å²) in [6.07, 6.45) is 1.97. The van der Waals surface area contributed by atoms with Gasteiger partial charge in [0.1, 0.15) is 0 Å². The topological polar surface area (TPSA) is 45.7 Å². The van der Waals surface area contributed by atoms with Crippen molar-refractivity contribution in [2.45, 2.75) is 18.8 Å². The third-order valence-electron chi connectivity index (χ3n) is 4.17. The molecule has 0 aliphatic heterocycles. The van der Waals surface area contributed by atoms with E-state index >= 15 is 0 Å². The van der Waals surface area contributed by atoms with Gasteiger partial charge >= 0.3 is 0 Å². The van der Waals surface area contributed by atoms with E-state index in [0.29, 0.717) is 5.92 Å². The van der Waals surface area contributed by atoms with Crippen molar-refractivity contribution in [1.82, 2.24) is 10.6 Å². The van der Waals surface area contributed by atoms with Crippen LogP contribution in [0.1, 0.15) is 29.9 Å². The molecule has 0 fully saturated rings. The molecular weight excluding hydrogens is 437 g/mol. The molecule has 142 valence electrons. The third kappa shape index (κ3) is 7.74. The molecule has 0 aliphatic carbocycles. The Morgan fingerprint density at radius 2 is 1.46 bits per heavy atom. The summed E-state index contributed by atoms with van der Waals surface area (Å²) in [5, 5.41) is 6.73. The summed E-state index contributed by atoms with van der Waals surface area (Å²) in [6, 6.07) is 21.4. The van der Waals surface area contributed by atoms with Gasteiger partial charge in [0.2, 0.25) is 0 Å². The molecule has 0 bridgehead atoms. The maximum absolute atomic E-state index is 5.07. The summed E-state index contributed by atoms with van der Waals surface area (Å²) < 4.78 is 5.07. The first-order valence-electron chi connectivity index (χ1n) is 8.88. The van der Waals surface area contributed by atoms with E-state index in [4.69, 9.17) is 4.74 Å². The van der Waals surface area contributed by atoms with Crippen LogP contribution in [0.4, 0.5) is 0 Å². The average Bonchev–Trinajstić information content (AvgIpc) is 2.68. The van der Waals surface area contributed by atoms with Gasteiger partial charge in [-0.2, -0.15) is 0 Å². The normalized spacial score (nSPS) is 11.1. The van der Waals surface area contributed by atoms with Gasteiger partial charge in [-0.05, 0) is 24.0 Å². The number of hydrogen-bond acceptors (Lipinski definition) is 2. The van der Waals surface area contributed by atoms with Gasteiger partial charge in [-0.25, -0.2) is 0 Å². The Kier molecular flexibility index (Phi) is 11.7. The number of halogens is 1. The number of hydrogen-bond donors (Lipinski definition) is 2. The Hall–Kier alpha value is -1.60. The van der Waals surface area contributed by atoms with Gasteiger partial charge in [0, 0.05) is 39.8 Å². The van der Waals surface area contributed by atoms with Crippen LogP contribution >= 0.6 is 24.0 Å². The van der Waals surface area contributed by atoms with Crippen molar-refractivity contribution >= 4 is 29.9 Å². The Morgan fingerprint density at radius 1 is 0.923 bits per heavy atom. The first-order chi connectivity index (χ1) is 12.3. The van der Waals surface area contributed by atoms with Crippen LogP contribution in [0.2, 0.25) is 0 Å². The summed E-state index contributed by atoms with van der Waals surface area (Å²) in [6.45, 7) is 2.47. The highest BCUT2D eigenvalue weighted by molar-refractivity contribution is 14.0. The Balaban J connectivity index is 0.00000338. The van der Waals surface area contributed by atoms with E-state index in [-0.39, 0.29) is 24.0 Å². The van der Waals surface area contributed by atoms with Gasteiger partial charge in [-0.3, -0.25) is 4.99 Å². The van der Waals surface area contributed by atoms with E-state index in [0.717, 1.165) is 38.5 Å². The minimum atomic E-state index is 0. The van der Waals surface area contributed by atoms with E-state index in [9.17, 15) is 0 Å². The molecule has 0 spiro atoms. The zero-order valence-corrected chi connectivity index (χ0v) is 18.0. The smallest absolute Gasteiger partial charge is 0.190 e. The molecule has 2 aromatic carbocycles. The SMILES string of the molecule is CN=C(NCCCOC)NCCC(c1ccccc1)c1ccccc1.I. The molecule has 4 nitrogen and oxygen atoms in total. The van der Waals surface area contributed by atoms with Gasteiger partial charge in [0.05, 0.1) is 0 Å². The summed E-state index contributed by atoms with van der Waals surface area (Å²) in [5.74, 6) is 1.22. The predicted octanol–water partition coefficient (Wildman–Crippen LogP) is 4.03. The minimum Gasteiger partial charge on any atom is -0.385 e. The number of guanidine groups is 1. The molecule has 0 aromatic heterocycles. The Bertz CT molecular complexity index is 580. The summed E-state index contributed by atoms with van der Waals surface area (Å²) in [5.41, 5.74) is 2.69. The van der Waals surface area contributed by atoms with E-state index in [1.807, 2.05) is 0 Å². The second kappa shape index (κ2) is 13.6. The molecule has 0 aliphatic rings. The average molecular weight is 467 g/mol. The van der Waals surface area contributed by atoms with Crippen molar-refractivity contribution in [3.8, 4) is 0 Å². The van der Waals surface area contributed by atoms with Gasteiger partial charge in [0.25, 0.3) is 0 Å². The monoisotopic (exact) mass is 467 g/mol. The molecule has 0 radical (unpaired) electrons. The fourth-order valence-electron chi connectivity index (χ4n) is 2.88. The number of nitrogens with one attached hydrogen (secondary N) is 2. The molecule has 0 amide bonds. The van der Waals surface area contributed by atoms with Crippen molar-refractivity contribution in [2.24, 2.45) is 4.99 Å².